The van der Waals surface area contributed by atoms with Crippen molar-refractivity contribution in [3.05, 3.63) is 93.8 Å². The standard InChI is InChI=1S/C25H21ClN4O2S/c1-3-16-6-4-7-19(14-16)30-15(2)21(24-28-23(29-32-24)20-8-5-13-33-20)22(27-25(30)31)17-9-11-18(26)12-10-17/h4-14,22H,3H2,1-2H3,(H,27,31). The number of allylic oxidation sites excluding steroid dienone is 1. The lowest BCUT2D eigenvalue weighted by Crippen LogP contribution is -2.46. The Morgan fingerprint density at radius 3 is 2.70 bits per heavy atom. The van der Waals surface area contributed by atoms with Gasteiger partial charge in [0.2, 0.25) is 5.82 Å². The van der Waals surface area contributed by atoms with Crippen molar-refractivity contribution in [3.63, 3.8) is 0 Å². The Morgan fingerprint density at radius 1 is 1.15 bits per heavy atom. The third-order valence-corrected chi connectivity index (χ3v) is 6.78. The second kappa shape index (κ2) is 8.84. The highest BCUT2D eigenvalue weighted by Gasteiger charge is 2.36. The van der Waals surface area contributed by atoms with E-state index in [0.717, 1.165) is 39.4 Å². The van der Waals surface area contributed by atoms with E-state index in [1.807, 2.05) is 60.8 Å². The van der Waals surface area contributed by atoms with E-state index in [4.69, 9.17) is 16.1 Å². The van der Waals surface area contributed by atoms with Crippen LogP contribution in [0.2, 0.25) is 5.02 Å². The van der Waals surface area contributed by atoms with E-state index in [0.29, 0.717) is 16.7 Å². The zero-order valence-electron chi connectivity index (χ0n) is 18.1. The lowest BCUT2D eigenvalue weighted by molar-refractivity contribution is 0.244. The van der Waals surface area contributed by atoms with E-state index in [1.54, 1.807) is 28.4 Å². The molecule has 3 heterocycles. The van der Waals surface area contributed by atoms with E-state index < -0.39 is 6.04 Å². The van der Waals surface area contributed by atoms with Gasteiger partial charge in [-0.3, -0.25) is 4.90 Å². The Morgan fingerprint density at radius 2 is 1.97 bits per heavy atom. The van der Waals surface area contributed by atoms with Crippen LogP contribution in [-0.4, -0.2) is 16.2 Å². The fourth-order valence-corrected chi connectivity index (χ4v) is 4.77. The number of nitrogens with one attached hydrogen (secondary N) is 1. The Bertz CT molecular complexity index is 1330. The number of hydrogen-bond acceptors (Lipinski definition) is 5. The van der Waals surface area contributed by atoms with Gasteiger partial charge in [-0.05, 0) is 60.2 Å². The Balaban J connectivity index is 1.66. The number of aryl methyl sites for hydroxylation is 1. The third kappa shape index (κ3) is 4.05. The van der Waals surface area contributed by atoms with Crippen molar-refractivity contribution in [1.82, 2.24) is 15.5 Å². The minimum absolute atomic E-state index is 0.220. The van der Waals surface area contributed by atoms with E-state index in [9.17, 15) is 4.79 Å². The number of rotatable bonds is 5. The van der Waals surface area contributed by atoms with Crippen LogP contribution in [0.4, 0.5) is 10.5 Å². The predicted molar refractivity (Wildman–Crippen MR) is 131 cm³/mol. The summed E-state index contributed by atoms with van der Waals surface area (Å²) in [5, 5.41) is 9.91. The van der Waals surface area contributed by atoms with Gasteiger partial charge in [0, 0.05) is 10.7 Å². The molecule has 1 atom stereocenters. The molecule has 0 saturated heterocycles. The van der Waals surface area contributed by atoms with Gasteiger partial charge >= 0.3 is 6.03 Å². The first-order valence-electron chi connectivity index (χ1n) is 10.6. The number of aromatic nitrogens is 2. The molecule has 1 unspecified atom stereocenters. The second-order valence-electron chi connectivity index (χ2n) is 7.69. The van der Waals surface area contributed by atoms with Gasteiger partial charge in [0.25, 0.3) is 5.89 Å². The molecule has 4 aromatic rings. The number of nitrogens with zero attached hydrogens (tertiary/aromatic N) is 3. The molecule has 2 amide bonds. The SMILES string of the molecule is CCc1cccc(N2C(=O)NC(c3ccc(Cl)cc3)C(c3nc(-c4cccs4)no3)=C2C)c1. The molecule has 0 aliphatic carbocycles. The van der Waals surface area contributed by atoms with Crippen LogP contribution in [0.1, 0.15) is 36.9 Å². The molecule has 0 fully saturated rings. The van der Waals surface area contributed by atoms with Crippen LogP contribution >= 0.6 is 22.9 Å². The summed E-state index contributed by atoms with van der Waals surface area (Å²) in [7, 11) is 0. The normalized spacial score (nSPS) is 16.3. The van der Waals surface area contributed by atoms with Gasteiger partial charge in [0.1, 0.15) is 0 Å². The van der Waals surface area contributed by atoms with Crippen LogP contribution in [0.25, 0.3) is 16.3 Å². The molecular formula is C25H21ClN4O2S. The number of carbonyl (C=O) groups is 1. The molecule has 1 aliphatic rings. The molecule has 0 spiro atoms. The van der Waals surface area contributed by atoms with Crippen LogP contribution in [-0.2, 0) is 6.42 Å². The quantitative estimate of drug-likeness (QED) is 0.347. The van der Waals surface area contributed by atoms with Crippen molar-refractivity contribution < 1.29 is 9.32 Å². The molecule has 166 valence electrons. The topological polar surface area (TPSA) is 71.3 Å². The van der Waals surface area contributed by atoms with Crippen LogP contribution < -0.4 is 10.2 Å². The first-order chi connectivity index (χ1) is 16.0. The molecule has 1 N–H and O–H groups in total. The van der Waals surface area contributed by atoms with Crippen LogP contribution in [0.3, 0.4) is 0 Å². The minimum Gasteiger partial charge on any atom is -0.334 e. The summed E-state index contributed by atoms with van der Waals surface area (Å²) in [6, 6.07) is 18.6. The van der Waals surface area contributed by atoms with E-state index in [1.165, 1.54) is 0 Å². The monoisotopic (exact) mass is 476 g/mol. The van der Waals surface area contributed by atoms with Crippen molar-refractivity contribution in [2.75, 3.05) is 4.90 Å². The summed E-state index contributed by atoms with van der Waals surface area (Å²) in [4.78, 5) is 20.6. The Labute approximate surface area is 200 Å². The summed E-state index contributed by atoms with van der Waals surface area (Å²) in [6.45, 7) is 4.00. The molecule has 8 heteroatoms. The zero-order chi connectivity index (χ0) is 22.9. The van der Waals surface area contributed by atoms with Gasteiger partial charge in [-0.1, -0.05) is 54.0 Å². The molecular weight excluding hydrogens is 456 g/mol. The van der Waals surface area contributed by atoms with Gasteiger partial charge < -0.3 is 9.84 Å². The average Bonchev–Trinajstić information content (AvgIpc) is 3.52. The Kier molecular flexibility index (Phi) is 5.74. The number of carbonyl (C=O) groups excluding carboxylic acids is 1. The number of urea groups is 1. The fourth-order valence-electron chi connectivity index (χ4n) is 3.99. The molecule has 33 heavy (non-hydrogen) atoms. The summed E-state index contributed by atoms with van der Waals surface area (Å²) in [5.41, 5.74) is 4.28. The molecule has 0 bridgehead atoms. The zero-order valence-corrected chi connectivity index (χ0v) is 19.7. The van der Waals surface area contributed by atoms with E-state index in [2.05, 4.69) is 22.4 Å². The highest BCUT2D eigenvalue weighted by atomic mass is 35.5. The number of anilines is 1. The van der Waals surface area contributed by atoms with Gasteiger partial charge in [-0.25, -0.2) is 4.79 Å². The fraction of sp³-hybridized carbons (Fsp3) is 0.160. The van der Waals surface area contributed by atoms with Crippen molar-refractivity contribution >= 4 is 40.2 Å². The van der Waals surface area contributed by atoms with E-state index in [-0.39, 0.29) is 6.03 Å². The average molecular weight is 477 g/mol. The van der Waals surface area contributed by atoms with Crippen LogP contribution in [0.5, 0.6) is 0 Å². The maximum Gasteiger partial charge on any atom is 0.326 e. The van der Waals surface area contributed by atoms with Crippen molar-refractivity contribution in [1.29, 1.82) is 0 Å². The smallest absolute Gasteiger partial charge is 0.326 e. The summed E-state index contributed by atoms with van der Waals surface area (Å²) in [5.74, 6) is 0.888. The maximum absolute atomic E-state index is 13.3. The number of thiophene rings is 1. The van der Waals surface area contributed by atoms with Crippen LogP contribution in [0, 0.1) is 0 Å². The van der Waals surface area contributed by atoms with Gasteiger partial charge in [0.15, 0.2) is 0 Å². The molecule has 6 nitrogen and oxygen atoms in total. The maximum atomic E-state index is 13.3. The summed E-state index contributed by atoms with van der Waals surface area (Å²) in [6.07, 6.45) is 0.875. The highest BCUT2D eigenvalue weighted by molar-refractivity contribution is 7.13. The predicted octanol–water partition coefficient (Wildman–Crippen LogP) is 6.72. The molecule has 2 aromatic heterocycles. The lowest BCUT2D eigenvalue weighted by Gasteiger charge is -2.35. The number of amides is 2. The lowest BCUT2D eigenvalue weighted by atomic mass is 9.94. The van der Waals surface area contributed by atoms with Crippen molar-refractivity contribution in [2.45, 2.75) is 26.3 Å². The molecule has 2 aromatic carbocycles. The summed E-state index contributed by atoms with van der Waals surface area (Å²) >= 11 is 7.65. The second-order valence-corrected chi connectivity index (χ2v) is 9.08. The molecule has 0 radical (unpaired) electrons. The molecule has 5 rings (SSSR count). The third-order valence-electron chi connectivity index (χ3n) is 5.66. The highest BCUT2D eigenvalue weighted by Crippen LogP contribution is 2.39. The van der Waals surface area contributed by atoms with Gasteiger partial charge in [0.05, 0.1) is 22.2 Å². The number of halogens is 1. The van der Waals surface area contributed by atoms with Gasteiger partial charge in [-0.2, -0.15) is 4.98 Å². The molecule has 1 aliphatic heterocycles. The summed E-state index contributed by atoms with van der Waals surface area (Å²) < 4.78 is 5.72. The van der Waals surface area contributed by atoms with Crippen LogP contribution in [0.15, 0.2) is 76.3 Å². The first-order valence-corrected chi connectivity index (χ1v) is 11.8. The van der Waals surface area contributed by atoms with E-state index >= 15 is 0 Å². The van der Waals surface area contributed by atoms with Crippen molar-refractivity contribution in [3.8, 4) is 10.7 Å². The van der Waals surface area contributed by atoms with Crippen molar-refractivity contribution in [2.24, 2.45) is 0 Å². The molecule has 0 saturated carbocycles. The Hall–Kier alpha value is -3.42. The van der Waals surface area contributed by atoms with Gasteiger partial charge in [-0.15, -0.1) is 11.3 Å². The minimum atomic E-state index is -0.461. The number of hydrogen-bond donors (Lipinski definition) is 1. The number of benzene rings is 2. The largest absolute Gasteiger partial charge is 0.334 e. The first kappa shape index (κ1) is 21.4.